The highest BCUT2D eigenvalue weighted by molar-refractivity contribution is 7.00. The van der Waals surface area contributed by atoms with Crippen molar-refractivity contribution in [3.63, 3.8) is 0 Å². The van der Waals surface area contributed by atoms with Crippen LogP contribution in [0.3, 0.4) is 0 Å². The Bertz CT molecular complexity index is 3000. The quantitative estimate of drug-likeness (QED) is 0.160. The Hall–Kier alpha value is -5.28. The van der Waals surface area contributed by atoms with Crippen LogP contribution in [0.25, 0.3) is 55.2 Å². The van der Waals surface area contributed by atoms with E-state index in [0.717, 1.165) is 0 Å². The second-order valence-corrected chi connectivity index (χ2v) is 17.7. The van der Waals surface area contributed by atoms with Gasteiger partial charge in [-0.1, -0.05) is 111 Å². The molecule has 0 amide bonds. The van der Waals surface area contributed by atoms with Crippen molar-refractivity contribution in [3.8, 4) is 22.5 Å². The molecule has 6 aliphatic rings. The molecule has 2 saturated carbocycles. The smallest absolute Gasteiger partial charge is 0.252 e. The van der Waals surface area contributed by atoms with Crippen molar-refractivity contribution in [2.24, 2.45) is 0 Å². The molecule has 0 saturated heterocycles. The normalized spacial score (nSPS) is 18.3. The molecule has 0 atom stereocenters. The summed E-state index contributed by atoms with van der Waals surface area (Å²) in [6.07, 6.45) is 10.6. The van der Waals surface area contributed by atoms with Crippen LogP contribution in [-0.2, 0) is 5.41 Å². The zero-order valence-electron chi connectivity index (χ0n) is 31.1. The SMILES string of the molecule is Cc1c(C)n2c3c(cccc13)B1c3c-2ccc2c3-n3c4c1cc(C1CCCC1)cc4c1cc(C4CCCC4)cc(c13)C21c2ccccc2-c2ccccc21. The molecule has 14 rings (SSSR count). The molecule has 54 heavy (non-hydrogen) atoms. The van der Waals surface area contributed by atoms with Crippen LogP contribution in [-0.4, -0.2) is 15.8 Å². The molecule has 0 bridgehead atoms. The van der Waals surface area contributed by atoms with Crippen LogP contribution in [0.2, 0.25) is 0 Å². The number of benzene rings is 6. The molecule has 2 aromatic heterocycles. The average molecular weight is 693 g/mol. The van der Waals surface area contributed by atoms with E-state index in [1.54, 1.807) is 11.1 Å². The van der Waals surface area contributed by atoms with Gasteiger partial charge >= 0.3 is 0 Å². The lowest BCUT2D eigenvalue weighted by atomic mass is 9.33. The Morgan fingerprint density at radius 2 is 1.17 bits per heavy atom. The van der Waals surface area contributed by atoms with Gasteiger partial charge in [-0.05, 0) is 136 Å². The predicted octanol–water partition coefficient (Wildman–Crippen LogP) is 10.5. The van der Waals surface area contributed by atoms with E-state index in [2.05, 4.69) is 126 Å². The monoisotopic (exact) mass is 692 g/mol. The topological polar surface area (TPSA) is 9.86 Å². The Kier molecular flexibility index (Phi) is 5.22. The minimum Gasteiger partial charge on any atom is -0.315 e. The van der Waals surface area contributed by atoms with Crippen molar-refractivity contribution < 1.29 is 0 Å². The molecule has 5 heterocycles. The van der Waals surface area contributed by atoms with Crippen LogP contribution in [0.15, 0.2) is 103 Å². The summed E-state index contributed by atoms with van der Waals surface area (Å²) in [7, 11) is 0. The highest BCUT2D eigenvalue weighted by Crippen LogP contribution is 2.62. The highest BCUT2D eigenvalue weighted by Gasteiger charge is 2.54. The molecule has 3 heteroatoms. The molecule has 2 fully saturated rings. The summed E-state index contributed by atoms with van der Waals surface area (Å²) in [6.45, 7) is 4.86. The van der Waals surface area contributed by atoms with Gasteiger partial charge in [0.15, 0.2) is 0 Å². The van der Waals surface area contributed by atoms with Crippen LogP contribution in [0.1, 0.15) is 108 Å². The van der Waals surface area contributed by atoms with Crippen LogP contribution >= 0.6 is 0 Å². The average Bonchev–Trinajstić information content (AvgIpc) is 4.06. The Balaban J connectivity index is 1.25. The molecule has 6 aromatic carbocycles. The highest BCUT2D eigenvalue weighted by atomic mass is 15.1. The number of aromatic nitrogens is 2. The van der Waals surface area contributed by atoms with Gasteiger partial charge in [0.05, 0.1) is 10.9 Å². The number of hydrogen-bond acceptors (Lipinski definition) is 0. The molecule has 1 spiro atoms. The predicted molar refractivity (Wildman–Crippen MR) is 225 cm³/mol. The third kappa shape index (κ3) is 3.09. The van der Waals surface area contributed by atoms with Gasteiger partial charge in [-0.3, -0.25) is 0 Å². The van der Waals surface area contributed by atoms with E-state index in [1.165, 1.54) is 156 Å². The lowest BCUT2D eigenvalue weighted by Crippen LogP contribution is -2.60. The standard InChI is InChI=1S/C51H41BN2/c1-28-29(2)53-45-23-22-41-50-46(45)52(43-21-11-18-34(28)48(43)53)44-27-33(31-14-5-6-15-31)25-38-37-24-32(30-12-3-4-13-30)26-42(47(37)54(50)49(38)44)51(41)39-19-9-7-16-35(39)36-17-8-10-20-40(36)51/h7-11,16-27,30-31H,3-6,12-15H2,1-2H3. The fourth-order valence-corrected chi connectivity index (χ4v) is 13.3. The first-order valence-electron chi connectivity index (χ1n) is 20.8. The maximum absolute atomic E-state index is 2.81. The lowest BCUT2D eigenvalue weighted by Gasteiger charge is -2.44. The first-order valence-corrected chi connectivity index (χ1v) is 20.8. The van der Waals surface area contributed by atoms with E-state index < -0.39 is 5.41 Å². The third-order valence-electron chi connectivity index (χ3n) is 15.6. The number of fused-ring (bicyclic) bond motifs is 11. The number of hydrogen-bond donors (Lipinski definition) is 0. The van der Waals surface area contributed by atoms with Crippen LogP contribution in [0, 0.1) is 13.8 Å². The molecule has 8 aromatic rings. The van der Waals surface area contributed by atoms with E-state index in [4.69, 9.17) is 0 Å². The first kappa shape index (κ1) is 29.1. The largest absolute Gasteiger partial charge is 0.315 e. The second kappa shape index (κ2) is 9.68. The van der Waals surface area contributed by atoms with Crippen molar-refractivity contribution in [2.45, 2.75) is 82.5 Å². The Morgan fingerprint density at radius 1 is 0.537 bits per heavy atom. The molecule has 3 aliphatic carbocycles. The van der Waals surface area contributed by atoms with Crippen molar-refractivity contribution in [1.82, 2.24) is 9.13 Å². The minimum atomic E-state index is -0.404. The number of para-hydroxylation sites is 1. The molecule has 0 radical (unpaired) electrons. The summed E-state index contributed by atoms with van der Waals surface area (Å²) in [5, 5.41) is 4.38. The van der Waals surface area contributed by atoms with Crippen molar-refractivity contribution in [1.29, 1.82) is 0 Å². The van der Waals surface area contributed by atoms with E-state index in [9.17, 15) is 0 Å². The Morgan fingerprint density at radius 3 is 1.87 bits per heavy atom. The number of nitrogens with zero attached hydrogens (tertiary/aromatic N) is 2. The van der Waals surface area contributed by atoms with Crippen molar-refractivity contribution >= 4 is 55.8 Å². The number of aryl methyl sites for hydroxylation is 1. The zero-order chi connectivity index (χ0) is 35.2. The molecular weight excluding hydrogens is 651 g/mol. The molecule has 3 aliphatic heterocycles. The van der Waals surface area contributed by atoms with Gasteiger partial charge < -0.3 is 9.13 Å². The summed E-state index contributed by atoms with van der Waals surface area (Å²) in [4.78, 5) is 0. The van der Waals surface area contributed by atoms with Gasteiger partial charge in [-0.25, -0.2) is 0 Å². The molecular formula is C51H41BN2. The maximum Gasteiger partial charge on any atom is 0.252 e. The summed E-state index contributed by atoms with van der Waals surface area (Å²) in [6, 6.07) is 41.9. The fourth-order valence-electron chi connectivity index (χ4n) is 13.3. The Labute approximate surface area is 316 Å². The summed E-state index contributed by atoms with van der Waals surface area (Å²) in [5.41, 5.74) is 25.8. The van der Waals surface area contributed by atoms with Gasteiger partial charge in [0.2, 0.25) is 0 Å². The van der Waals surface area contributed by atoms with E-state index in [0.29, 0.717) is 11.8 Å². The maximum atomic E-state index is 2.81. The molecule has 258 valence electrons. The van der Waals surface area contributed by atoms with Gasteiger partial charge in [0.1, 0.15) is 0 Å². The lowest BCUT2D eigenvalue weighted by molar-refractivity contribution is 0.710. The van der Waals surface area contributed by atoms with Gasteiger partial charge in [0, 0.05) is 44.3 Å². The second-order valence-electron chi connectivity index (χ2n) is 17.7. The summed E-state index contributed by atoms with van der Waals surface area (Å²) in [5.74, 6) is 1.27. The van der Waals surface area contributed by atoms with Crippen LogP contribution in [0.5, 0.6) is 0 Å². The summed E-state index contributed by atoms with van der Waals surface area (Å²) < 4.78 is 5.44. The van der Waals surface area contributed by atoms with Gasteiger partial charge in [0.25, 0.3) is 6.71 Å². The molecule has 0 N–H and O–H groups in total. The third-order valence-corrected chi connectivity index (χ3v) is 15.6. The van der Waals surface area contributed by atoms with Gasteiger partial charge in [-0.2, -0.15) is 0 Å². The van der Waals surface area contributed by atoms with Crippen LogP contribution in [0.4, 0.5) is 0 Å². The fraction of sp³-hybridized carbons (Fsp3) is 0.255. The molecule has 2 nitrogen and oxygen atoms in total. The van der Waals surface area contributed by atoms with Crippen molar-refractivity contribution in [2.75, 3.05) is 0 Å². The number of rotatable bonds is 2. The minimum absolute atomic E-state index is 0.181. The van der Waals surface area contributed by atoms with Gasteiger partial charge in [-0.15, -0.1) is 0 Å². The first-order chi connectivity index (χ1) is 26.6. The van der Waals surface area contributed by atoms with E-state index >= 15 is 0 Å². The molecule has 0 unspecified atom stereocenters. The van der Waals surface area contributed by atoms with Crippen molar-refractivity contribution in [3.05, 3.63) is 148 Å². The summed E-state index contributed by atoms with van der Waals surface area (Å²) >= 11 is 0. The van der Waals surface area contributed by atoms with Crippen LogP contribution < -0.4 is 16.4 Å². The van der Waals surface area contributed by atoms with E-state index in [1.807, 2.05) is 0 Å². The van der Waals surface area contributed by atoms with E-state index in [-0.39, 0.29) is 6.71 Å². The zero-order valence-corrected chi connectivity index (χ0v) is 31.1.